The van der Waals surface area contributed by atoms with Crippen LogP contribution in [0.1, 0.15) is 12.5 Å². The highest BCUT2D eigenvalue weighted by atomic mass is 19.1. The standard InChI is InChI=1S/C18H16FN3O3/c1-2-12-3-9-15(10-4-12)24-11-16(23)20-18-21-17(25-22-18)13-5-7-14(19)8-6-13/h3-10H,2,11H2,1H3,(H,20,22,23). The molecule has 1 amide bonds. The summed E-state index contributed by atoms with van der Waals surface area (Å²) in [6.07, 6.45) is 0.939. The fourth-order valence-corrected chi connectivity index (χ4v) is 2.12. The number of aryl methyl sites for hydroxylation is 1. The molecule has 0 atom stereocenters. The monoisotopic (exact) mass is 341 g/mol. The maximum absolute atomic E-state index is 12.9. The summed E-state index contributed by atoms with van der Waals surface area (Å²) in [5.41, 5.74) is 1.75. The molecular formula is C18H16FN3O3. The van der Waals surface area contributed by atoms with Crippen molar-refractivity contribution in [3.8, 4) is 17.2 Å². The third kappa shape index (κ3) is 4.41. The van der Waals surface area contributed by atoms with Gasteiger partial charge in [0.15, 0.2) is 6.61 Å². The van der Waals surface area contributed by atoms with Crippen LogP contribution in [0, 0.1) is 5.82 Å². The number of ether oxygens (including phenoxy) is 1. The van der Waals surface area contributed by atoms with Crippen LogP contribution in [0.4, 0.5) is 10.3 Å². The zero-order valence-corrected chi connectivity index (χ0v) is 13.5. The predicted octanol–water partition coefficient (Wildman–Crippen LogP) is 3.46. The van der Waals surface area contributed by atoms with E-state index in [0.29, 0.717) is 11.3 Å². The second-order valence-electron chi connectivity index (χ2n) is 5.26. The molecule has 128 valence electrons. The molecule has 6 nitrogen and oxygen atoms in total. The maximum atomic E-state index is 12.9. The molecule has 0 aliphatic carbocycles. The lowest BCUT2D eigenvalue weighted by Crippen LogP contribution is -2.20. The van der Waals surface area contributed by atoms with Gasteiger partial charge in [-0.25, -0.2) is 4.39 Å². The van der Waals surface area contributed by atoms with Gasteiger partial charge in [-0.15, -0.1) is 0 Å². The molecule has 0 bridgehead atoms. The van der Waals surface area contributed by atoms with E-state index in [2.05, 4.69) is 22.4 Å². The molecule has 0 aliphatic heterocycles. The normalized spacial score (nSPS) is 10.5. The minimum atomic E-state index is -0.411. The topological polar surface area (TPSA) is 77.2 Å². The van der Waals surface area contributed by atoms with Crippen LogP contribution in [0.5, 0.6) is 5.75 Å². The maximum Gasteiger partial charge on any atom is 0.270 e. The number of halogens is 1. The summed E-state index contributed by atoms with van der Waals surface area (Å²) in [6, 6.07) is 13.1. The number of amides is 1. The van der Waals surface area contributed by atoms with Crippen LogP contribution >= 0.6 is 0 Å². The lowest BCUT2D eigenvalue weighted by atomic mass is 10.2. The van der Waals surface area contributed by atoms with E-state index < -0.39 is 5.91 Å². The minimum absolute atomic E-state index is 0.0225. The average molecular weight is 341 g/mol. The lowest BCUT2D eigenvalue weighted by Gasteiger charge is -2.05. The number of benzene rings is 2. The molecule has 0 unspecified atom stereocenters. The Morgan fingerprint density at radius 2 is 1.88 bits per heavy atom. The third-order valence-electron chi connectivity index (χ3n) is 3.47. The Balaban J connectivity index is 1.55. The number of carbonyl (C=O) groups is 1. The Hall–Kier alpha value is -3.22. The quantitative estimate of drug-likeness (QED) is 0.743. The SMILES string of the molecule is CCc1ccc(OCC(=O)Nc2noc(-c3ccc(F)cc3)n2)cc1. The number of anilines is 1. The zero-order chi connectivity index (χ0) is 17.6. The van der Waals surface area contributed by atoms with Crippen molar-refractivity contribution in [2.24, 2.45) is 0 Å². The molecule has 3 rings (SSSR count). The number of hydrogen-bond donors (Lipinski definition) is 1. The van der Waals surface area contributed by atoms with Crippen molar-refractivity contribution in [3.63, 3.8) is 0 Å². The number of hydrogen-bond acceptors (Lipinski definition) is 5. The second-order valence-corrected chi connectivity index (χ2v) is 5.26. The largest absolute Gasteiger partial charge is 0.484 e. The van der Waals surface area contributed by atoms with Gasteiger partial charge in [-0.05, 0) is 53.5 Å². The van der Waals surface area contributed by atoms with E-state index in [1.54, 1.807) is 0 Å². The van der Waals surface area contributed by atoms with Crippen LogP contribution in [-0.4, -0.2) is 22.7 Å². The lowest BCUT2D eigenvalue weighted by molar-refractivity contribution is -0.118. The number of carbonyl (C=O) groups excluding carboxylic acids is 1. The molecule has 25 heavy (non-hydrogen) atoms. The van der Waals surface area contributed by atoms with Crippen molar-refractivity contribution < 1.29 is 18.4 Å². The first-order valence-corrected chi connectivity index (χ1v) is 7.75. The molecule has 0 saturated carbocycles. The van der Waals surface area contributed by atoms with Crippen molar-refractivity contribution >= 4 is 11.9 Å². The van der Waals surface area contributed by atoms with Gasteiger partial charge >= 0.3 is 0 Å². The number of nitrogens with zero attached hydrogens (tertiary/aromatic N) is 2. The van der Waals surface area contributed by atoms with Gasteiger partial charge in [-0.3, -0.25) is 10.1 Å². The van der Waals surface area contributed by atoms with Gasteiger partial charge in [0.1, 0.15) is 11.6 Å². The molecule has 0 spiro atoms. The van der Waals surface area contributed by atoms with Crippen LogP contribution in [0.15, 0.2) is 53.1 Å². The van der Waals surface area contributed by atoms with E-state index in [1.807, 2.05) is 24.3 Å². The summed E-state index contributed by atoms with van der Waals surface area (Å²) in [7, 11) is 0. The Labute approximate surface area is 143 Å². The molecule has 7 heteroatoms. The van der Waals surface area contributed by atoms with Crippen LogP contribution in [-0.2, 0) is 11.2 Å². The van der Waals surface area contributed by atoms with Gasteiger partial charge in [-0.1, -0.05) is 19.1 Å². The second kappa shape index (κ2) is 7.57. The summed E-state index contributed by atoms with van der Waals surface area (Å²) in [5.74, 6) is 0.0417. The molecule has 0 fully saturated rings. The molecular weight excluding hydrogens is 325 g/mol. The van der Waals surface area contributed by atoms with Crippen LogP contribution in [0.3, 0.4) is 0 Å². The highest BCUT2D eigenvalue weighted by Crippen LogP contribution is 2.19. The highest BCUT2D eigenvalue weighted by Gasteiger charge is 2.12. The predicted molar refractivity (Wildman–Crippen MR) is 89.6 cm³/mol. The summed E-state index contributed by atoms with van der Waals surface area (Å²) < 4.78 is 23.4. The van der Waals surface area contributed by atoms with E-state index in [4.69, 9.17) is 9.26 Å². The fourth-order valence-electron chi connectivity index (χ4n) is 2.12. The highest BCUT2D eigenvalue weighted by molar-refractivity contribution is 5.90. The van der Waals surface area contributed by atoms with Gasteiger partial charge in [0.25, 0.3) is 17.7 Å². The first-order valence-electron chi connectivity index (χ1n) is 7.75. The van der Waals surface area contributed by atoms with Crippen molar-refractivity contribution in [1.82, 2.24) is 10.1 Å². The molecule has 0 saturated heterocycles. The summed E-state index contributed by atoms with van der Waals surface area (Å²) in [4.78, 5) is 15.9. The number of rotatable bonds is 6. The van der Waals surface area contributed by atoms with Crippen LogP contribution in [0.2, 0.25) is 0 Å². The van der Waals surface area contributed by atoms with Crippen LogP contribution in [0.25, 0.3) is 11.5 Å². The molecule has 0 radical (unpaired) electrons. The molecule has 1 heterocycles. The fraction of sp³-hybridized carbons (Fsp3) is 0.167. The van der Waals surface area contributed by atoms with Gasteiger partial charge in [0.2, 0.25) is 0 Å². The Kier molecular flexibility index (Phi) is 5.03. The van der Waals surface area contributed by atoms with Gasteiger partial charge in [0.05, 0.1) is 0 Å². The minimum Gasteiger partial charge on any atom is -0.484 e. The summed E-state index contributed by atoms with van der Waals surface area (Å²) in [6.45, 7) is 1.89. The van der Waals surface area contributed by atoms with E-state index in [9.17, 15) is 9.18 Å². The van der Waals surface area contributed by atoms with Crippen molar-refractivity contribution in [2.45, 2.75) is 13.3 Å². The number of aromatic nitrogens is 2. The average Bonchev–Trinajstić information content (AvgIpc) is 3.09. The summed E-state index contributed by atoms with van der Waals surface area (Å²) in [5, 5.41) is 6.15. The first-order chi connectivity index (χ1) is 12.1. The van der Waals surface area contributed by atoms with Crippen LogP contribution < -0.4 is 10.1 Å². The van der Waals surface area contributed by atoms with Gasteiger partial charge in [0, 0.05) is 5.56 Å². The van der Waals surface area contributed by atoms with Crippen molar-refractivity contribution in [1.29, 1.82) is 0 Å². The van der Waals surface area contributed by atoms with E-state index in [1.165, 1.54) is 29.8 Å². The summed E-state index contributed by atoms with van der Waals surface area (Å²) >= 11 is 0. The van der Waals surface area contributed by atoms with Crippen molar-refractivity contribution in [2.75, 3.05) is 11.9 Å². The first kappa shape index (κ1) is 16.6. The third-order valence-corrected chi connectivity index (χ3v) is 3.47. The molecule has 0 aliphatic rings. The van der Waals surface area contributed by atoms with Crippen molar-refractivity contribution in [3.05, 3.63) is 59.9 Å². The van der Waals surface area contributed by atoms with Gasteiger partial charge in [-0.2, -0.15) is 4.98 Å². The Bertz CT molecular complexity index is 845. The number of nitrogens with one attached hydrogen (secondary N) is 1. The Morgan fingerprint density at radius 3 is 2.56 bits per heavy atom. The molecule has 2 aromatic carbocycles. The van der Waals surface area contributed by atoms with E-state index >= 15 is 0 Å². The molecule has 1 aromatic heterocycles. The Morgan fingerprint density at radius 1 is 1.16 bits per heavy atom. The smallest absolute Gasteiger partial charge is 0.270 e. The zero-order valence-electron chi connectivity index (χ0n) is 13.5. The molecule has 1 N–H and O–H groups in total. The van der Waals surface area contributed by atoms with E-state index in [0.717, 1.165) is 6.42 Å². The van der Waals surface area contributed by atoms with Gasteiger partial charge < -0.3 is 9.26 Å². The van der Waals surface area contributed by atoms with E-state index in [-0.39, 0.29) is 24.3 Å². The molecule has 3 aromatic rings.